The molecule has 1 aliphatic carbocycles. The first-order valence-electron chi connectivity index (χ1n) is 11.2. The average molecular weight is 434 g/mol. The van der Waals surface area contributed by atoms with E-state index in [1.54, 1.807) is 12.6 Å². The van der Waals surface area contributed by atoms with E-state index in [9.17, 15) is 4.79 Å². The Balaban J connectivity index is 1.48. The van der Waals surface area contributed by atoms with Gasteiger partial charge in [0.05, 0.1) is 7.11 Å². The van der Waals surface area contributed by atoms with Crippen molar-refractivity contribution in [1.29, 1.82) is 0 Å². The van der Waals surface area contributed by atoms with Crippen molar-refractivity contribution in [2.24, 2.45) is 0 Å². The topological polar surface area (TPSA) is 77.6 Å². The highest BCUT2D eigenvalue weighted by molar-refractivity contribution is 5.94. The Morgan fingerprint density at radius 3 is 2.91 bits per heavy atom. The van der Waals surface area contributed by atoms with Gasteiger partial charge in [-0.3, -0.25) is 14.9 Å². The van der Waals surface area contributed by atoms with Gasteiger partial charge in [-0.15, -0.1) is 0 Å². The zero-order chi connectivity index (χ0) is 22.7. The summed E-state index contributed by atoms with van der Waals surface area (Å²) >= 11 is 0. The van der Waals surface area contributed by atoms with Crippen molar-refractivity contribution in [3.05, 3.63) is 70.9 Å². The molecule has 1 aromatic heterocycles. The molecule has 3 aromatic rings. The molecule has 2 aromatic carbocycles. The molecular weight excluding hydrogens is 402 g/mol. The zero-order valence-corrected chi connectivity index (χ0v) is 18.9. The molecule has 4 rings (SSSR count). The van der Waals surface area contributed by atoms with Gasteiger partial charge >= 0.3 is 0 Å². The van der Waals surface area contributed by atoms with Gasteiger partial charge in [-0.1, -0.05) is 25.1 Å². The number of benzene rings is 2. The summed E-state index contributed by atoms with van der Waals surface area (Å²) in [7, 11) is 1.69. The van der Waals surface area contributed by atoms with E-state index in [0.717, 1.165) is 54.8 Å². The predicted octanol–water partition coefficient (Wildman–Crippen LogP) is 4.64. The lowest BCUT2D eigenvalue weighted by Crippen LogP contribution is -2.29. The highest BCUT2D eigenvalue weighted by Crippen LogP contribution is 2.37. The van der Waals surface area contributed by atoms with Crippen LogP contribution in [-0.4, -0.2) is 41.2 Å². The zero-order valence-electron chi connectivity index (χ0n) is 18.9. The number of H-pyrrole nitrogens is 1. The Kier molecular flexibility index (Phi) is 6.63. The van der Waals surface area contributed by atoms with Crippen molar-refractivity contribution in [3.8, 4) is 5.75 Å². The van der Waals surface area contributed by atoms with Crippen LogP contribution in [0, 0.1) is 0 Å². The smallest absolute Gasteiger partial charge is 0.267 e. The number of carbonyl (C=O) groups excluding carboxylic acids is 1. The Hall–Kier alpha value is -3.09. The second-order valence-electron chi connectivity index (χ2n) is 8.38. The SMILES string of the molecule is CCN(CCc1c[nH]c2cc(OC)ccc12)C1CCc2cc(/C(C)=C\C(=O)NO)ccc21. The number of methoxy groups -OCH3 is 1. The molecule has 0 fully saturated rings. The van der Waals surface area contributed by atoms with Crippen molar-refractivity contribution in [1.82, 2.24) is 15.4 Å². The number of aryl methyl sites for hydroxylation is 1. The molecule has 168 valence electrons. The van der Waals surface area contributed by atoms with E-state index in [0.29, 0.717) is 6.04 Å². The van der Waals surface area contributed by atoms with Gasteiger partial charge in [0.1, 0.15) is 5.75 Å². The Morgan fingerprint density at radius 1 is 1.31 bits per heavy atom. The van der Waals surface area contributed by atoms with Gasteiger partial charge in [-0.2, -0.15) is 0 Å². The lowest BCUT2D eigenvalue weighted by Gasteiger charge is -2.28. The minimum absolute atomic E-state index is 0.416. The van der Waals surface area contributed by atoms with Crippen LogP contribution in [0.3, 0.4) is 0 Å². The molecule has 1 heterocycles. The van der Waals surface area contributed by atoms with Gasteiger partial charge < -0.3 is 9.72 Å². The van der Waals surface area contributed by atoms with Crippen LogP contribution in [0.1, 0.15) is 48.6 Å². The fraction of sp³-hybridized carbons (Fsp3) is 0.346. The maximum absolute atomic E-state index is 11.4. The number of hydrogen-bond acceptors (Lipinski definition) is 4. The van der Waals surface area contributed by atoms with Gasteiger partial charge in [-0.05, 0) is 72.7 Å². The summed E-state index contributed by atoms with van der Waals surface area (Å²) in [5.41, 5.74) is 8.70. The van der Waals surface area contributed by atoms with E-state index in [4.69, 9.17) is 9.94 Å². The first kappa shape index (κ1) is 22.1. The Labute approximate surface area is 188 Å². The number of aromatic amines is 1. The number of ether oxygens (including phenoxy) is 1. The molecule has 0 saturated carbocycles. The molecule has 0 aliphatic heterocycles. The summed E-state index contributed by atoms with van der Waals surface area (Å²) in [5, 5.41) is 10.0. The molecule has 0 saturated heterocycles. The fourth-order valence-corrected chi connectivity index (χ4v) is 4.83. The van der Waals surface area contributed by atoms with E-state index in [-0.39, 0.29) is 0 Å². The number of allylic oxidation sites excluding steroid dienone is 1. The van der Waals surface area contributed by atoms with E-state index in [1.807, 2.05) is 19.1 Å². The number of rotatable bonds is 8. The van der Waals surface area contributed by atoms with Gasteiger partial charge in [0, 0.05) is 41.8 Å². The Bertz CT molecular complexity index is 1150. The maximum atomic E-state index is 11.4. The van der Waals surface area contributed by atoms with Crippen LogP contribution >= 0.6 is 0 Å². The summed E-state index contributed by atoms with van der Waals surface area (Å²) in [5.74, 6) is 0.360. The molecule has 1 unspecified atom stereocenters. The molecule has 3 N–H and O–H groups in total. The van der Waals surface area contributed by atoms with Crippen LogP contribution < -0.4 is 10.2 Å². The lowest BCUT2D eigenvalue weighted by atomic mass is 9.99. The molecule has 6 heteroatoms. The van der Waals surface area contributed by atoms with Crippen LogP contribution in [0.5, 0.6) is 5.75 Å². The summed E-state index contributed by atoms with van der Waals surface area (Å²) in [6.45, 7) is 6.11. The molecule has 0 bridgehead atoms. The van der Waals surface area contributed by atoms with E-state index < -0.39 is 5.91 Å². The maximum Gasteiger partial charge on any atom is 0.267 e. The van der Waals surface area contributed by atoms with Crippen molar-refractivity contribution in [2.75, 3.05) is 20.2 Å². The highest BCUT2D eigenvalue weighted by atomic mass is 16.5. The van der Waals surface area contributed by atoms with Crippen molar-refractivity contribution in [2.45, 2.75) is 39.2 Å². The monoisotopic (exact) mass is 433 g/mol. The van der Waals surface area contributed by atoms with Crippen molar-refractivity contribution < 1.29 is 14.7 Å². The largest absolute Gasteiger partial charge is 0.497 e. The molecule has 6 nitrogen and oxygen atoms in total. The fourth-order valence-electron chi connectivity index (χ4n) is 4.83. The van der Waals surface area contributed by atoms with E-state index in [2.05, 4.69) is 47.3 Å². The number of likely N-dealkylation sites (N-methyl/N-ethyl adjacent to an activating group) is 1. The first-order chi connectivity index (χ1) is 15.5. The minimum Gasteiger partial charge on any atom is -0.497 e. The van der Waals surface area contributed by atoms with Crippen LogP contribution in [-0.2, 0) is 17.6 Å². The lowest BCUT2D eigenvalue weighted by molar-refractivity contribution is -0.124. The van der Waals surface area contributed by atoms with Crippen LogP contribution in [0.25, 0.3) is 16.5 Å². The normalized spacial score (nSPS) is 15.9. The number of carbonyl (C=O) groups is 1. The van der Waals surface area contributed by atoms with Crippen LogP contribution in [0.2, 0.25) is 0 Å². The van der Waals surface area contributed by atoms with Crippen LogP contribution in [0.4, 0.5) is 0 Å². The predicted molar refractivity (Wildman–Crippen MR) is 127 cm³/mol. The first-order valence-corrected chi connectivity index (χ1v) is 11.2. The number of hydrogen-bond donors (Lipinski definition) is 3. The Morgan fingerprint density at radius 2 is 2.16 bits per heavy atom. The summed E-state index contributed by atoms with van der Waals surface area (Å²) in [6.07, 6.45) is 6.67. The molecule has 0 radical (unpaired) electrons. The third-order valence-electron chi connectivity index (χ3n) is 6.59. The van der Waals surface area contributed by atoms with Crippen molar-refractivity contribution in [3.63, 3.8) is 0 Å². The van der Waals surface area contributed by atoms with E-state index >= 15 is 0 Å². The number of amides is 1. The molecule has 1 aliphatic rings. The van der Waals surface area contributed by atoms with Gasteiger partial charge in [0.15, 0.2) is 0 Å². The number of aromatic nitrogens is 1. The molecule has 1 amide bonds. The third-order valence-corrected chi connectivity index (χ3v) is 6.59. The standard InChI is InChI=1S/C26H31N3O3/c1-4-29(12-11-20-16-27-24-15-21(32-3)7-9-22(20)24)25-10-6-19-14-18(5-8-23(19)25)17(2)13-26(30)28-31/h5,7-9,13-16,25,27,31H,4,6,10-12H2,1-3H3,(H,28,30)/b17-13-. The molecular formula is C26H31N3O3. The number of nitrogens with one attached hydrogen (secondary N) is 2. The summed E-state index contributed by atoms with van der Waals surface area (Å²) in [6, 6.07) is 13.1. The molecule has 1 atom stereocenters. The minimum atomic E-state index is -0.506. The summed E-state index contributed by atoms with van der Waals surface area (Å²) in [4.78, 5) is 17.4. The second kappa shape index (κ2) is 9.59. The van der Waals surface area contributed by atoms with E-state index in [1.165, 1.54) is 28.2 Å². The number of hydroxylamine groups is 1. The summed E-state index contributed by atoms with van der Waals surface area (Å²) < 4.78 is 5.33. The van der Waals surface area contributed by atoms with Crippen molar-refractivity contribution >= 4 is 22.4 Å². The number of nitrogens with zero attached hydrogens (tertiary/aromatic N) is 1. The quantitative estimate of drug-likeness (QED) is 0.275. The molecule has 0 spiro atoms. The third kappa shape index (κ3) is 4.42. The highest BCUT2D eigenvalue weighted by Gasteiger charge is 2.27. The second-order valence-corrected chi connectivity index (χ2v) is 8.38. The van der Waals surface area contributed by atoms with Gasteiger partial charge in [-0.25, -0.2) is 5.48 Å². The molecule has 32 heavy (non-hydrogen) atoms. The van der Waals surface area contributed by atoms with Crippen LogP contribution in [0.15, 0.2) is 48.7 Å². The van der Waals surface area contributed by atoms with Gasteiger partial charge in [0.25, 0.3) is 5.91 Å². The average Bonchev–Trinajstić information content (AvgIpc) is 3.42. The number of fused-ring (bicyclic) bond motifs is 2. The van der Waals surface area contributed by atoms with Gasteiger partial charge in [0.2, 0.25) is 0 Å².